The Hall–Kier alpha value is -2.89. The average molecular weight is 437 g/mol. The minimum atomic E-state index is -0.164. The number of amides is 1. The molecule has 4 rings (SSSR count). The Morgan fingerprint density at radius 2 is 1.87 bits per heavy atom. The first-order chi connectivity index (χ1) is 14.6. The molecule has 0 saturated carbocycles. The zero-order chi connectivity index (χ0) is 21.1. The molecule has 4 aromatic rings. The summed E-state index contributed by atoms with van der Waals surface area (Å²) in [6.45, 7) is 4.74. The molecule has 0 fully saturated rings. The van der Waals surface area contributed by atoms with E-state index in [2.05, 4.69) is 10.3 Å². The van der Waals surface area contributed by atoms with Gasteiger partial charge in [-0.1, -0.05) is 60.1 Å². The number of hydrogen-bond acceptors (Lipinski definition) is 4. The summed E-state index contributed by atoms with van der Waals surface area (Å²) >= 11 is 7.85. The van der Waals surface area contributed by atoms with Crippen LogP contribution in [0.2, 0.25) is 5.02 Å². The van der Waals surface area contributed by atoms with Crippen molar-refractivity contribution in [2.75, 3.05) is 6.61 Å². The molecular weight excluding hydrogens is 416 g/mol. The first-order valence-electron chi connectivity index (χ1n) is 9.72. The second-order valence-electron chi connectivity index (χ2n) is 6.78. The molecule has 0 radical (unpaired) electrons. The molecule has 0 aliphatic rings. The lowest BCUT2D eigenvalue weighted by atomic mass is 10.0. The fourth-order valence-electron chi connectivity index (χ4n) is 3.35. The third kappa shape index (κ3) is 4.04. The van der Waals surface area contributed by atoms with E-state index < -0.39 is 0 Å². The van der Waals surface area contributed by atoms with E-state index in [4.69, 9.17) is 16.3 Å². The van der Waals surface area contributed by atoms with E-state index in [0.717, 1.165) is 31.9 Å². The van der Waals surface area contributed by atoms with Crippen molar-refractivity contribution in [3.8, 4) is 16.3 Å². The topological polar surface area (TPSA) is 51.2 Å². The van der Waals surface area contributed by atoms with Crippen LogP contribution in [-0.4, -0.2) is 17.5 Å². The van der Waals surface area contributed by atoms with Gasteiger partial charge in [-0.15, -0.1) is 11.3 Å². The quantitative estimate of drug-likeness (QED) is 0.388. The molecule has 152 valence electrons. The third-order valence-electron chi connectivity index (χ3n) is 4.82. The van der Waals surface area contributed by atoms with Crippen molar-refractivity contribution in [2.24, 2.45) is 0 Å². The van der Waals surface area contributed by atoms with Gasteiger partial charge in [0.1, 0.15) is 10.8 Å². The van der Waals surface area contributed by atoms with Crippen LogP contribution in [0.3, 0.4) is 0 Å². The number of halogens is 1. The van der Waals surface area contributed by atoms with E-state index in [0.29, 0.717) is 29.5 Å². The molecule has 1 heterocycles. The highest BCUT2D eigenvalue weighted by molar-refractivity contribution is 7.15. The summed E-state index contributed by atoms with van der Waals surface area (Å²) in [5, 5.41) is 6.44. The van der Waals surface area contributed by atoms with Gasteiger partial charge in [0.15, 0.2) is 0 Å². The van der Waals surface area contributed by atoms with Gasteiger partial charge in [-0.05, 0) is 36.8 Å². The Balaban J connectivity index is 1.60. The normalized spacial score (nSPS) is 10.9. The van der Waals surface area contributed by atoms with Crippen molar-refractivity contribution in [1.82, 2.24) is 10.3 Å². The van der Waals surface area contributed by atoms with E-state index in [9.17, 15) is 4.79 Å². The Morgan fingerprint density at radius 1 is 1.10 bits per heavy atom. The zero-order valence-corrected chi connectivity index (χ0v) is 18.3. The number of thiazole rings is 1. The minimum Gasteiger partial charge on any atom is -0.493 e. The predicted octanol–water partition coefficient (Wildman–Crippen LogP) is 6.25. The van der Waals surface area contributed by atoms with E-state index >= 15 is 0 Å². The van der Waals surface area contributed by atoms with Gasteiger partial charge in [0.2, 0.25) is 0 Å². The lowest BCUT2D eigenvalue weighted by molar-refractivity contribution is 0.0949. The van der Waals surface area contributed by atoms with Crippen LogP contribution in [0.25, 0.3) is 21.3 Å². The Kier molecular flexibility index (Phi) is 6.02. The summed E-state index contributed by atoms with van der Waals surface area (Å²) in [7, 11) is 0. The van der Waals surface area contributed by atoms with Gasteiger partial charge in [-0.3, -0.25) is 4.79 Å². The van der Waals surface area contributed by atoms with Gasteiger partial charge in [-0.2, -0.15) is 0 Å². The number of hydrogen-bond donors (Lipinski definition) is 1. The van der Waals surface area contributed by atoms with Crippen LogP contribution in [0.5, 0.6) is 5.75 Å². The molecule has 30 heavy (non-hydrogen) atoms. The summed E-state index contributed by atoms with van der Waals surface area (Å²) in [6, 6.07) is 19.3. The third-order valence-corrected chi connectivity index (χ3v) is 6.34. The van der Waals surface area contributed by atoms with Crippen LogP contribution in [0.1, 0.15) is 27.9 Å². The second kappa shape index (κ2) is 8.86. The summed E-state index contributed by atoms with van der Waals surface area (Å²) in [4.78, 5) is 18.8. The van der Waals surface area contributed by atoms with Crippen molar-refractivity contribution in [2.45, 2.75) is 20.4 Å². The number of carbonyl (C=O) groups is 1. The molecular formula is C24H21ClN2O2S. The van der Waals surface area contributed by atoms with Crippen molar-refractivity contribution >= 4 is 39.6 Å². The van der Waals surface area contributed by atoms with Crippen LogP contribution in [-0.2, 0) is 6.54 Å². The van der Waals surface area contributed by atoms with E-state index in [1.807, 2.05) is 74.5 Å². The molecule has 0 bridgehead atoms. The summed E-state index contributed by atoms with van der Waals surface area (Å²) in [6.07, 6.45) is 0. The lowest BCUT2D eigenvalue weighted by Gasteiger charge is -2.13. The largest absolute Gasteiger partial charge is 0.493 e. The fourth-order valence-corrected chi connectivity index (χ4v) is 4.68. The number of rotatable bonds is 6. The van der Waals surface area contributed by atoms with Crippen molar-refractivity contribution in [3.05, 3.63) is 81.8 Å². The Labute approximate surface area is 184 Å². The molecule has 1 amide bonds. The maximum absolute atomic E-state index is 13.1. The number of aryl methyl sites for hydroxylation is 1. The van der Waals surface area contributed by atoms with Gasteiger partial charge in [0.25, 0.3) is 5.91 Å². The molecule has 1 N–H and O–H groups in total. The molecule has 0 aliphatic heterocycles. The second-order valence-corrected chi connectivity index (χ2v) is 8.27. The number of carbonyl (C=O) groups excluding carboxylic acids is 1. The number of benzene rings is 3. The van der Waals surface area contributed by atoms with E-state index in [1.54, 1.807) is 11.3 Å². The lowest BCUT2D eigenvalue weighted by Crippen LogP contribution is -2.23. The van der Waals surface area contributed by atoms with Gasteiger partial charge in [0, 0.05) is 10.4 Å². The highest BCUT2D eigenvalue weighted by atomic mass is 35.5. The summed E-state index contributed by atoms with van der Waals surface area (Å²) in [5.74, 6) is 0.425. The molecule has 0 aliphatic carbocycles. The molecule has 0 saturated heterocycles. The average Bonchev–Trinajstić information content (AvgIpc) is 3.12. The van der Waals surface area contributed by atoms with Crippen molar-refractivity contribution in [3.63, 3.8) is 0 Å². The van der Waals surface area contributed by atoms with Crippen molar-refractivity contribution < 1.29 is 9.53 Å². The fraction of sp³-hybridized carbons (Fsp3) is 0.167. The SMILES string of the molecule is CCOc1ccc2ccccc2c1C(=O)NCc1sc(-c2ccccc2Cl)nc1C. The first kappa shape index (κ1) is 20.4. The number of aromatic nitrogens is 1. The van der Waals surface area contributed by atoms with Gasteiger partial charge in [-0.25, -0.2) is 4.98 Å². The maximum Gasteiger partial charge on any atom is 0.255 e. The van der Waals surface area contributed by atoms with Crippen LogP contribution in [0.4, 0.5) is 0 Å². The molecule has 4 nitrogen and oxygen atoms in total. The number of ether oxygens (including phenoxy) is 1. The number of nitrogens with one attached hydrogen (secondary N) is 1. The molecule has 0 unspecified atom stereocenters. The molecule has 6 heteroatoms. The van der Waals surface area contributed by atoms with Crippen LogP contribution >= 0.6 is 22.9 Å². The van der Waals surface area contributed by atoms with Gasteiger partial charge in [0.05, 0.1) is 29.4 Å². The molecule has 0 atom stereocenters. The molecule has 0 spiro atoms. The highest BCUT2D eigenvalue weighted by Gasteiger charge is 2.18. The van der Waals surface area contributed by atoms with Crippen LogP contribution in [0.15, 0.2) is 60.7 Å². The summed E-state index contributed by atoms with van der Waals surface area (Å²) in [5.41, 5.74) is 2.35. The smallest absolute Gasteiger partial charge is 0.255 e. The van der Waals surface area contributed by atoms with Crippen LogP contribution < -0.4 is 10.1 Å². The number of nitrogens with zero attached hydrogens (tertiary/aromatic N) is 1. The van der Waals surface area contributed by atoms with Gasteiger partial charge < -0.3 is 10.1 Å². The summed E-state index contributed by atoms with van der Waals surface area (Å²) < 4.78 is 5.73. The van der Waals surface area contributed by atoms with Gasteiger partial charge >= 0.3 is 0 Å². The Bertz CT molecular complexity index is 1220. The zero-order valence-electron chi connectivity index (χ0n) is 16.7. The van der Waals surface area contributed by atoms with E-state index in [-0.39, 0.29) is 5.91 Å². The van der Waals surface area contributed by atoms with Crippen molar-refractivity contribution in [1.29, 1.82) is 0 Å². The first-order valence-corrected chi connectivity index (χ1v) is 10.9. The molecule has 1 aromatic heterocycles. The number of fused-ring (bicyclic) bond motifs is 1. The maximum atomic E-state index is 13.1. The standard InChI is InChI=1S/C24H21ClN2O2S/c1-3-29-20-13-12-16-8-4-5-9-17(16)22(20)23(28)26-14-21-15(2)27-24(30-21)18-10-6-7-11-19(18)25/h4-13H,3,14H2,1-2H3,(H,26,28). The monoisotopic (exact) mass is 436 g/mol. The van der Waals surface area contributed by atoms with Crippen LogP contribution in [0, 0.1) is 6.92 Å². The van der Waals surface area contributed by atoms with E-state index in [1.165, 1.54) is 0 Å². The Morgan fingerprint density at radius 3 is 2.67 bits per heavy atom. The minimum absolute atomic E-state index is 0.164. The highest BCUT2D eigenvalue weighted by Crippen LogP contribution is 2.33. The predicted molar refractivity (Wildman–Crippen MR) is 124 cm³/mol. The molecule has 3 aromatic carbocycles.